The summed E-state index contributed by atoms with van der Waals surface area (Å²) < 4.78 is 10.5. The van der Waals surface area contributed by atoms with Gasteiger partial charge in [-0.1, -0.05) is 24.3 Å². The fraction of sp³-hybridized carbons (Fsp3) is 0.263. The molecular weight excluding hydrogens is 320 g/mol. The van der Waals surface area contributed by atoms with E-state index < -0.39 is 0 Å². The number of fused-ring (bicyclic) bond motifs is 1. The number of ether oxygens (including phenoxy) is 2. The topological polar surface area (TPSA) is 76.7 Å². The summed E-state index contributed by atoms with van der Waals surface area (Å²) in [6.45, 7) is 2.14. The molecule has 2 N–H and O–H groups in total. The first-order valence-corrected chi connectivity index (χ1v) is 8.12. The summed E-state index contributed by atoms with van der Waals surface area (Å²) in [6, 6.07) is 13.1. The molecule has 130 valence electrons. The highest BCUT2D eigenvalue weighted by Gasteiger charge is 2.14. The Morgan fingerprint density at radius 2 is 1.84 bits per heavy atom. The second-order valence-electron chi connectivity index (χ2n) is 5.82. The number of aryl methyl sites for hydroxylation is 2. The van der Waals surface area contributed by atoms with E-state index in [9.17, 15) is 9.59 Å². The van der Waals surface area contributed by atoms with Crippen molar-refractivity contribution in [1.29, 1.82) is 0 Å². The van der Waals surface area contributed by atoms with Crippen LogP contribution in [0, 0.1) is 6.92 Å². The summed E-state index contributed by atoms with van der Waals surface area (Å²) >= 11 is 0. The molecule has 0 fully saturated rings. The largest absolute Gasteiger partial charge is 0.454 e. The molecule has 3 rings (SSSR count). The van der Waals surface area contributed by atoms with Gasteiger partial charge in [0.15, 0.2) is 11.5 Å². The zero-order valence-electron chi connectivity index (χ0n) is 14.0. The minimum Gasteiger partial charge on any atom is -0.454 e. The minimum absolute atomic E-state index is 0.0684. The molecule has 1 aliphatic rings. The van der Waals surface area contributed by atoms with E-state index in [0.717, 1.165) is 11.1 Å². The maximum Gasteiger partial charge on any atom is 0.243 e. The molecule has 2 amide bonds. The monoisotopic (exact) mass is 340 g/mol. The van der Waals surface area contributed by atoms with Crippen molar-refractivity contribution in [2.75, 3.05) is 18.7 Å². The zero-order chi connectivity index (χ0) is 17.6. The summed E-state index contributed by atoms with van der Waals surface area (Å²) in [6.07, 6.45) is 1.00. The van der Waals surface area contributed by atoms with Crippen LogP contribution < -0.4 is 20.1 Å². The molecule has 0 unspecified atom stereocenters. The third kappa shape index (κ3) is 4.50. The van der Waals surface area contributed by atoms with Crippen LogP contribution in [0.25, 0.3) is 0 Å². The van der Waals surface area contributed by atoms with Gasteiger partial charge in [-0.25, -0.2) is 0 Å². The standard InChI is InChI=1S/C19H20N2O4/c1-13-4-2-3-5-14(13)6-9-18(22)20-11-19(23)21-15-7-8-16-17(10-15)25-12-24-16/h2-5,7-8,10H,6,9,11-12H2,1H3,(H,20,22)(H,21,23). The maximum absolute atomic E-state index is 11.9. The van der Waals surface area contributed by atoms with Crippen molar-refractivity contribution in [3.63, 3.8) is 0 Å². The van der Waals surface area contributed by atoms with Crippen molar-refractivity contribution in [3.05, 3.63) is 53.6 Å². The lowest BCUT2D eigenvalue weighted by atomic mass is 10.0. The number of anilines is 1. The Hall–Kier alpha value is -3.02. The van der Waals surface area contributed by atoms with E-state index in [1.54, 1.807) is 18.2 Å². The smallest absolute Gasteiger partial charge is 0.243 e. The normalized spacial score (nSPS) is 11.9. The predicted molar refractivity (Wildman–Crippen MR) is 93.7 cm³/mol. The molecule has 0 atom stereocenters. The second-order valence-corrected chi connectivity index (χ2v) is 5.82. The van der Waals surface area contributed by atoms with Crippen LogP contribution >= 0.6 is 0 Å². The van der Waals surface area contributed by atoms with Crippen LogP contribution in [0.4, 0.5) is 5.69 Å². The van der Waals surface area contributed by atoms with Crippen LogP contribution in [0.15, 0.2) is 42.5 Å². The van der Waals surface area contributed by atoms with Gasteiger partial charge in [0.05, 0.1) is 6.54 Å². The lowest BCUT2D eigenvalue weighted by molar-refractivity contribution is -0.124. The number of carbonyl (C=O) groups is 2. The molecule has 0 spiro atoms. The van der Waals surface area contributed by atoms with Gasteiger partial charge in [-0.05, 0) is 36.6 Å². The fourth-order valence-corrected chi connectivity index (χ4v) is 2.59. The number of carbonyl (C=O) groups excluding carboxylic acids is 2. The van der Waals surface area contributed by atoms with E-state index in [1.165, 1.54) is 0 Å². The molecule has 2 aromatic carbocycles. The molecule has 0 aliphatic carbocycles. The first-order valence-electron chi connectivity index (χ1n) is 8.12. The van der Waals surface area contributed by atoms with E-state index in [4.69, 9.17) is 9.47 Å². The average molecular weight is 340 g/mol. The molecule has 0 bridgehead atoms. The summed E-state index contributed by atoms with van der Waals surface area (Å²) in [5.74, 6) is 0.815. The number of rotatable bonds is 6. The van der Waals surface area contributed by atoms with Crippen molar-refractivity contribution in [1.82, 2.24) is 5.32 Å². The molecule has 2 aromatic rings. The summed E-state index contributed by atoms with van der Waals surface area (Å²) in [5.41, 5.74) is 2.90. The van der Waals surface area contributed by atoms with Gasteiger partial charge in [0.25, 0.3) is 0 Å². The molecule has 6 heteroatoms. The molecule has 1 aliphatic heterocycles. The van der Waals surface area contributed by atoms with Crippen LogP contribution in [-0.4, -0.2) is 25.2 Å². The van der Waals surface area contributed by atoms with Gasteiger partial charge in [0.1, 0.15) is 0 Å². The Kier molecular flexibility index (Phi) is 5.18. The van der Waals surface area contributed by atoms with Gasteiger partial charge in [0.2, 0.25) is 18.6 Å². The average Bonchev–Trinajstić information content (AvgIpc) is 3.07. The summed E-state index contributed by atoms with van der Waals surface area (Å²) in [7, 11) is 0. The number of nitrogens with one attached hydrogen (secondary N) is 2. The zero-order valence-corrected chi connectivity index (χ0v) is 14.0. The van der Waals surface area contributed by atoms with Crippen molar-refractivity contribution < 1.29 is 19.1 Å². The third-order valence-electron chi connectivity index (χ3n) is 3.99. The van der Waals surface area contributed by atoms with Crippen LogP contribution in [0.2, 0.25) is 0 Å². The number of benzene rings is 2. The number of amides is 2. The van der Waals surface area contributed by atoms with E-state index >= 15 is 0 Å². The number of hydrogen-bond acceptors (Lipinski definition) is 4. The van der Waals surface area contributed by atoms with Gasteiger partial charge in [-0.15, -0.1) is 0 Å². The second kappa shape index (κ2) is 7.70. The molecule has 0 radical (unpaired) electrons. The third-order valence-corrected chi connectivity index (χ3v) is 3.99. The van der Waals surface area contributed by atoms with Crippen LogP contribution in [-0.2, 0) is 16.0 Å². The van der Waals surface area contributed by atoms with Gasteiger partial charge in [-0.2, -0.15) is 0 Å². The molecule has 0 aromatic heterocycles. The fourth-order valence-electron chi connectivity index (χ4n) is 2.59. The summed E-state index contributed by atoms with van der Waals surface area (Å²) in [4.78, 5) is 23.9. The molecule has 6 nitrogen and oxygen atoms in total. The van der Waals surface area contributed by atoms with Crippen molar-refractivity contribution in [3.8, 4) is 11.5 Å². The predicted octanol–water partition coefficient (Wildman–Crippen LogP) is 2.41. The Labute approximate surface area is 146 Å². The van der Waals surface area contributed by atoms with Crippen molar-refractivity contribution >= 4 is 17.5 Å². The number of hydrogen-bond donors (Lipinski definition) is 2. The van der Waals surface area contributed by atoms with E-state index in [0.29, 0.717) is 30.0 Å². The van der Waals surface area contributed by atoms with Gasteiger partial charge in [-0.3, -0.25) is 9.59 Å². The maximum atomic E-state index is 11.9. The van der Waals surface area contributed by atoms with E-state index in [1.807, 2.05) is 31.2 Å². The highest BCUT2D eigenvalue weighted by Crippen LogP contribution is 2.34. The van der Waals surface area contributed by atoms with Gasteiger partial charge in [0, 0.05) is 18.2 Å². The Balaban J connectivity index is 1.42. The van der Waals surface area contributed by atoms with Crippen LogP contribution in [0.3, 0.4) is 0 Å². The molecule has 0 saturated carbocycles. The minimum atomic E-state index is -0.289. The van der Waals surface area contributed by atoms with Crippen molar-refractivity contribution in [2.24, 2.45) is 0 Å². The SMILES string of the molecule is Cc1ccccc1CCC(=O)NCC(=O)Nc1ccc2c(c1)OCO2. The molecule has 25 heavy (non-hydrogen) atoms. The molecule has 0 saturated heterocycles. The van der Waals surface area contributed by atoms with E-state index in [-0.39, 0.29) is 25.2 Å². The lowest BCUT2D eigenvalue weighted by Gasteiger charge is -2.08. The van der Waals surface area contributed by atoms with Crippen LogP contribution in [0.1, 0.15) is 17.5 Å². The highest BCUT2D eigenvalue weighted by atomic mass is 16.7. The molecular formula is C19H20N2O4. The van der Waals surface area contributed by atoms with E-state index in [2.05, 4.69) is 10.6 Å². The van der Waals surface area contributed by atoms with Crippen molar-refractivity contribution in [2.45, 2.75) is 19.8 Å². The molecule has 1 heterocycles. The van der Waals surface area contributed by atoms with Crippen LogP contribution in [0.5, 0.6) is 11.5 Å². The quantitative estimate of drug-likeness (QED) is 0.847. The van der Waals surface area contributed by atoms with Gasteiger partial charge < -0.3 is 20.1 Å². The first-order chi connectivity index (χ1) is 12.1. The highest BCUT2D eigenvalue weighted by molar-refractivity contribution is 5.94. The Bertz CT molecular complexity index is 789. The lowest BCUT2D eigenvalue weighted by Crippen LogP contribution is -2.33. The first kappa shape index (κ1) is 16.8. The Morgan fingerprint density at radius 1 is 1.04 bits per heavy atom. The van der Waals surface area contributed by atoms with Gasteiger partial charge >= 0.3 is 0 Å². The summed E-state index contributed by atoms with van der Waals surface area (Å²) in [5, 5.41) is 5.36. The Morgan fingerprint density at radius 3 is 2.68 bits per heavy atom.